The van der Waals surface area contributed by atoms with Crippen LogP contribution >= 0.6 is 0 Å². The van der Waals surface area contributed by atoms with Gasteiger partial charge >= 0.3 is 11.9 Å². The zero-order valence-electron chi connectivity index (χ0n) is 21.2. The van der Waals surface area contributed by atoms with Crippen molar-refractivity contribution in [3.63, 3.8) is 0 Å². The van der Waals surface area contributed by atoms with E-state index in [9.17, 15) is 19.8 Å². The van der Waals surface area contributed by atoms with Crippen molar-refractivity contribution in [2.24, 2.45) is 0 Å². The highest BCUT2D eigenvalue weighted by Crippen LogP contribution is 2.47. The van der Waals surface area contributed by atoms with Gasteiger partial charge in [0.2, 0.25) is 0 Å². The summed E-state index contributed by atoms with van der Waals surface area (Å²) in [4.78, 5) is 26.4. The standard InChI is InChI=1S/C34H24O6/c35-29-28-24-17-16-20-13-7-12-19-14-15-23(27(24)26(19)20)18-25(28)31(39-33(37)21-8-3-1-4-9-21)32(30(29)36)40-34(38)22-10-5-2-6-11-22/h1-18,29-32,35-36H/t29-,30-,31-,32-/m1/s1. The lowest BCUT2D eigenvalue weighted by Crippen LogP contribution is -2.46. The molecule has 0 heterocycles. The molecule has 0 saturated carbocycles. The summed E-state index contributed by atoms with van der Waals surface area (Å²) in [5, 5.41) is 28.7. The maximum atomic E-state index is 13.3. The number of carbonyl (C=O) groups excluding carboxylic acids is 2. The van der Waals surface area contributed by atoms with Crippen molar-refractivity contribution >= 4 is 44.3 Å². The summed E-state index contributed by atoms with van der Waals surface area (Å²) < 4.78 is 11.8. The third-order valence-corrected chi connectivity index (χ3v) is 7.78. The van der Waals surface area contributed by atoms with E-state index in [2.05, 4.69) is 0 Å². The van der Waals surface area contributed by atoms with Crippen molar-refractivity contribution in [3.05, 3.63) is 131 Å². The summed E-state index contributed by atoms with van der Waals surface area (Å²) >= 11 is 0. The summed E-state index contributed by atoms with van der Waals surface area (Å²) in [5.41, 5.74) is 1.53. The summed E-state index contributed by atoms with van der Waals surface area (Å²) in [7, 11) is 0. The Morgan fingerprint density at radius 2 is 1.18 bits per heavy atom. The van der Waals surface area contributed by atoms with Crippen molar-refractivity contribution in [1.82, 2.24) is 0 Å². The monoisotopic (exact) mass is 528 g/mol. The molecule has 6 nitrogen and oxygen atoms in total. The molecule has 7 rings (SSSR count). The number of carbonyl (C=O) groups is 2. The molecular formula is C34H24O6. The predicted octanol–water partition coefficient (Wildman–Crippen LogP) is 6.12. The van der Waals surface area contributed by atoms with Crippen LogP contribution in [0, 0.1) is 0 Å². The molecule has 1 aliphatic rings. The largest absolute Gasteiger partial charge is 0.452 e. The van der Waals surface area contributed by atoms with E-state index >= 15 is 0 Å². The van der Waals surface area contributed by atoms with E-state index in [0.29, 0.717) is 16.7 Å². The van der Waals surface area contributed by atoms with E-state index in [1.807, 2.05) is 48.5 Å². The smallest absolute Gasteiger partial charge is 0.338 e. The van der Waals surface area contributed by atoms with Crippen LogP contribution in [0.1, 0.15) is 44.1 Å². The van der Waals surface area contributed by atoms with Gasteiger partial charge in [0, 0.05) is 5.56 Å². The number of hydrogen-bond donors (Lipinski definition) is 2. The molecule has 1 aliphatic carbocycles. The van der Waals surface area contributed by atoms with Gasteiger partial charge in [-0.05, 0) is 68.2 Å². The maximum Gasteiger partial charge on any atom is 0.338 e. The highest BCUT2D eigenvalue weighted by Gasteiger charge is 2.47. The Hall–Kier alpha value is -4.78. The minimum Gasteiger partial charge on any atom is -0.452 e. The summed E-state index contributed by atoms with van der Waals surface area (Å²) in [6, 6.07) is 32.7. The van der Waals surface area contributed by atoms with Crippen LogP contribution in [-0.2, 0) is 9.47 Å². The Morgan fingerprint density at radius 1 is 0.600 bits per heavy atom. The molecule has 2 N–H and O–H groups in total. The van der Waals surface area contributed by atoms with Gasteiger partial charge in [0.1, 0.15) is 12.2 Å². The van der Waals surface area contributed by atoms with Gasteiger partial charge in [-0.25, -0.2) is 9.59 Å². The molecule has 0 spiro atoms. The SMILES string of the molecule is O=C(O[C@@H]1[C@H](O)[C@H](O)c2c(cc3ccc4cccc5ccc2c3c45)[C@H]1OC(=O)c1ccccc1)c1ccccc1. The molecule has 6 heteroatoms. The van der Waals surface area contributed by atoms with Crippen LogP contribution < -0.4 is 0 Å². The summed E-state index contributed by atoms with van der Waals surface area (Å²) in [6.07, 6.45) is -5.46. The average Bonchev–Trinajstić information content (AvgIpc) is 3.00. The number of aliphatic hydroxyl groups excluding tert-OH is 2. The van der Waals surface area contributed by atoms with Gasteiger partial charge in [-0.3, -0.25) is 0 Å². The number of aliphatic hydroxyl groups is 2. The van der Waals surface area contributed by atoms with Crippen LogP contribution in [0.15, 0.2) is 109 Å². The van der Waals surface area contributed by atoms with Gasteiger partial charge in [0.05, 0.1) is 11.1 Å². The number of fused-ring (bicyclic) bond motifs is 2. The van der Waals surface area contributed by atoms with E-state index in [4.69, 9.17) is 9.47 Å². The molecule has 6 aromatic carbocycles. The summed E-state index contributed by atoms with van der Waals surface area (Å²) in [6.45, 7) is 0. The molecule has 0 radical (unpaired) electrons. The Bertz CT molecular complexity index is 1870. The maximum absolute atomic E-state index is 13.3. The first kappa shape index (κ1) is 24.3. The minimum atomic E-state index is -1.55. The quantitative estimate of drug-likeness (QED) is 0.212. The van der Waals surface area contributed by atoms with Gasteiger partial charge in [0.25, 0.3) is 0 Å². The lowest BCUT2D eigenvalue weighted by Gasteiger charge is -2.39. The Labute approximate surface area is 229 Å². The number of benzene rings is 6. The molecule has 0 bridgehead atoms. The van der Waals surface area contributed by atoms with Crippen molar-refractivity contribution in [3.8, 4) is 0 Å². The van der Waals surface area contributed by atoms with Crippen LogP contribution in [0.25, 0.3) is 32.3 Å². The van der Waals surface area contributed by atoms with Gasteiger partial charge in [-0.2, -0.15) is 0 Å². The highest BCUT2D eigenvalue weighted by atomic mass is 16.6. The number of ether oxygens (including phenoxy) is 2. The van der Waals surface area contributed by atoms with Gasteiger partial charge in [-0.1, -0.05) is 78.9 Å². The van der Waals surface area contributed by atoms with Crippen molar-refractivity contribution in [1.29, 1.82) is 0 Å². The Kier molecular flexibility index (Phi) is 5.73. The minimum absolute atomic E-state index is 0.277. The first-order valence-electron chi connectivity index (χ1n) is 13.1. The lowest BCUT2D eigenvalue weighted by atomic mass is 9.78. The Balaban J connectivity index is 1.42. The van der Waals surface area contributed by atoms with Gasteiger partial charge in [-0.15, -0.1) is 0 Å². The van der Waals surface area contributed by atoms with Crippen molar-refractivity contribution in [2.75, 3.05) is 0 Å². The third-order valence-electron chi connectivity index (χ3n) is 7.78. The molecule has 40 heavy (non-hydrogen) atoms. The average molecular weight is 529 g/mol. The second kappa shape index (κ2) is 9.45. The molecule has 0 fully saturated rings. The van der Waals surface area contributed by atoms with Crippen LogP contribution in [-0.4, -0.2) is 34.4 Å². The molecule has 0 unspecified atom stereocenters. The van der Waals surface area contributed by atoms with Crippen molar-refractivity contribution < 1.29 is 29.3 Å². The normalized spacial score (nSPS) is 20.4. The molecule has 196 valence electrons. The fraction of sp³-hybridized carbons (Fsp3) is 0.118. The topological polar surface area (TPSA) is 93.1 Å². The first-order valence-corrected chi connectivity index (χ1v) is 13.1. The molecule has 0 amide bonds. The number of rotatable bonds is 4. The number of esters is 2. The second-order valence-electron chi connectivity index (χ2n) is 10.1. The molecule has 4 atom stereocenters. The van der Waals surface area contributed by atoms with Crippen molar-refractivity contribution in [2.45, 2.75) is 24.4 Å². The van der Waals surface area contributed by atoms with Gasteiger partial charge in [0.15, 0.2) is 12.2 Å². The third kappa shape index (κ3) is 3.80. The molecule has 0 aliphatic heterocycles. The predicted molar refractivity (Wildman–Crippen MR) is 151 cm³/mol. The molecule has 0 saturated heterocycles. The van der Waals surface area contributed by atoms with E-state index in [1.54, 1.807) is 60.7 Å². The first-order chi connectivity index (χ1) is 19.5. The molecular weight excluding hydrogens is 504 g/mol. The lowest BCUT2D eigenvalue weighted by molar-refractivity contribution is -0.128. The second-order valence-corrected chi connectivity index (χ2v) is 10.1. The molecule has 0 aromatic heterocycles. The fourth-order valence-electron chi connectivity index (χ4n) is 5.91. The van der Waals surface area contributed by atoms with E-state index in [1.165, 1.54) is 0 Å². The molecule has 6 aromatic rings. The van der Waals surface area contributed by atoms with Crippen LogP contribution in [0.4, 0.5) is 0 Å². The Morgan fingerprint density at radius 3 is 1.82 bits per heavy atom. The van der Waals surface area contributed by atoms with Crippen LogP contribution in [0.5, 0.6) is 0 Å². The van der Waals surface area contributed by atoms with E-state index in [-0.39, 0.29) is 5.56 Å². The zero-order chi connectivity index (χ0) is 27.4. The zero-order valence-corrected chi connectivity index (χ0v) is 21.2. The number of hydrogen-bond acceptors (Lipinski definition) is 6. The van der Waals surface area contributed by atoms with E-state index in [0.717, 1.165) is 32.3 Å². The highest BCUT2D eigenvalue weighted by molar-refractivity contribution is 6.24. The summed E-state index contributed by atoms with van der Waals surface area (Å²) in [5.74, 6) is -1.33. The van der Waals surface area contributed by atoms with Gasteiger partial charge < -0.3 is 19.7 Å². The fourth-order valence-corrected chi connectivity index (χ4v) is 5.91. The van der Waals surface area contributed by atoms with Crippen LogP contribution in [0.2, 0.25) is 0 Å². The van der Waals surface area contributed by atoms with Crippen LogP contribution in [0.3, 0.4) is 0 Å². The van der Waals surface area contributed by atoms with E-state index < -0.39 is 36.4 Å².